The molecule has 0 bridgehead atoms. The standard InChI is InChI=1S/C18H10F4IN3O4/c19-16-13(23)5-6-14(15(16)17(27)25-10-7-8-26(28)24-9-10)29-11-1-3-12(4-2-11)30-18(20,21)22/h1-9,28H/p+1. The summed E-state index contributed by atoms with van der Waals surface area (Å²) in [7, 11) is 0. The summed E-state index contributed by atoms with van der Waals surface area (Å²) in [5.74, 6) is -2.25. The third-order valence-electron chi connectivity index (χ3n) is 3.53. The SMILES string of the molecule is O=C(Nc1cc[n+](O)nc1)c1c(Oc2ccc(OC(F)(F)F)cc2)ccc(I)c1F. The second-order valence-corrected chi connectivity index (χ2v) is 6.81. The van der Waals surface area contributed by atoms with Crippen LogP contribution in [-0.2, 0) is 0 Å². The first-order chi connectivity index (χ1) is 14.1. The predicted octanol–water partition coefficient (Wildman–Crippen LogP) is 4.29. The molecular formula is C18H11F4IN3O4+. The summed E-state index contributed by atoms with van der Waals surface area (Å²) < 4.78 is 60.9. The molecule has 0 saturated heterocycles. The van der Waals surface area contributed by atoms with Crippen molar-refractivity contribution in [1.29, 1.82) is 0 Å². The maximum absolute atomic E-state index is 14.7. The highest BCUT2D eigenvalue weighted by Gasteiger charge is 2.31. The third-order valence-corrected chi connectivity index (χ3v) is 4.36. The second-order valence-electron chi connectivity index (χ2n) is 5.65. The van der Waals surface area contributed by atoms with Crippen molar-refractivity contribution in [3.05, 3.63) is 69.8 Å². The molecule has 0 aliphatic heterocycles. The van der Waals surface area contributed by atoms with E-state index in [9.17, 15) is 22.4 Å². The summed E-state index contributed by atoms with van der Waals surface area (Å²) in [6, 6.07) is 8.46. The number of nitrogens with zero attached hydrogens (tertiary/aromatic N) is 2. The molecule has 1 heterocycles. The minimum Gasteiger partial charge on any atom is -0.456 e. The number of carbonyl (C=O) groups is 1. The fraction of sp³-hybridized carbons (Fsp3) is 0.0556. The van der Waals surface area contributed by atoms with E-state index in [-0.39, 0.29) is 20.8 Å². The normalized spacial score (nSPS) is 11.1. The molecule has 0 aliphatic rings. The number of nitrogens with one attached hydrogen (secondary N) is 1. The molecule has 0 unspecified atom stereocenters. The summed E-state index contributed by atoms with van der Waals surface area (Å²) in [6.45, 7) is 0. The second kappa shape index (κ2) is 8.69. The fourth-order valence-electron chi connectivity index (χ4n) is 2.28. The minimum absolute atomic E-state index is 0.0573. The number of benzene rings is 2. The summed E-state index contributed by atoms with van der Waals surface area (Å²) in [5, 5.41) is 15.1. The molecule has 0 aliphatic carbocycles. The van der Waals surface area contributed by atoms with E-state index in [2.05, 4.69) is 15.2 Å². The number of ether oxygens (including phenoxy) is 2. The number of alkyl halides is 3. The molecule has 30 heavy (non-hydrogen) atoms. The Labute approximate surface area is 180 Å². The van der Waals surface area contributed by atoms with Crippen LogP contribution in [0.2, 0.25) is 0 Å². The molecule has 7 nitrogen and oxygen atoms in total. The van der Waals surface area contributed by atoms with E-state index < -0.39 is 29.4 Å². The Morgan fingerprint density at radius 2 is 1.77 bits per heavy atom. The van der Waals surface area contributed by atoms with E-state index in [0.717, 1.165) is 24.5 Å². The Morgan fingerprint density at radius 3 is 2.37 bits per heavy atom. The topological polar surface area (TPSA) is 84.6 Å². The number of amides is 1. The summed E-state index contributed by atoms with van der Waals surface area (Å²) in [4.78, 5) is 13.1. The molecule has 2 N–H and O–H groups in total. The summed E-state index contributed by atoms with van der Waals surface area (Å²) in [6.07, 6.45) is -2.54. The zero-order chi connectivity index (χ0) is 21.9. The molecule has 2 aromatic carbocycles. The lowest BCUT2D eigenvalue weighted by atomic mass is 10.1. The quantitative estimate of drug-likeness (QED) is 0.220. The number of hydrogen-bond acceptors (Lipinski definition) is 5. The first-order valence-corrected chi connectivity index (χ1v) is 9.10. The van der Waals surface area contributed by atoms with Gasteiger partial charge in [0.25, 0.3) is 12.1 Å². The number of aromatic nitrogens is 2. The lowest BCUT2D eigenvalue weighted by molar-refractivity contribution is -0.948. The van der Waals surface area contributed by atoms with Crippen molar-refractivity contribution >= 4 is 34.2 Å². The molecule has 0 saturated carbocycles. The minimum atomic E-state index is -4.84. The lowest BCUT2D eigenvalue weighted by Crippen LogP contribution is -2.33. The highest BCUT2D eigenvalue weighted by Crippen LogP contribution is 2.32. The van der Waals surface area contributed by atoms with Crippen molar-refractivity contribution in [2.45, 2.75) is 6.36 Å². The Morgan fingerprint density at radius 1 is 1.10 bits per heavy atom. The van der Waals surface area contributed by atoms with Crippen molar-refractivity contribution in [1.82, 2.24) is 5.10 Å². The van der Waals surface area contributed by atoms with E-state index in [0.29, 0.717) is 4.85 Å². The Bertz CT molecular complexity index is 1060. The van der Waals surface area contributed by atoms with Gasteiger partial charge in [0.05, 0.1) is 5.69 Å². The van der Waals surface area contributed by atoms with Gasteiger partial charge >= 0.3 is 6.36 Å². The van der Waals surface area contributed by atoms with Gasteiger partial charge in [-0.25, -0.2) is 4.39 Å². The van der Waals surface area contributed by atoms with Gasteiger partial charge in [0, 0.05) is 14.7 Å². The van der Waals surface area contributed by atoms with Gasteiger partial charge in [-0.15, -0.1) is 13.2 Å². The molecule has 12 heteroatoms. The number of rotatable bonds is 5. The average molecular weight is 536 g/mol. The molecular weight excluding hydrogens is 525 g/mol. The van der Waals surface area contributed by atoms with Crippen LogP contribution in [0, 0.1) is 9.39 Å². The highest BCUT2D eigenvalue weighted by molar-refractivity contribution is 14.1. The van der Waals surface area contributed by atoms with Gasteiger partial charge in [-0.1, -0.05) is 0 Å². The maximum Gasteiger partial charge on any atom is 0.573 e. The molecule has 0 radical (unpaired) electrons. The molecule has 1 amide bonds. The zero-order valence-corrected chi connectivity index (χ0v) is 16.8. The number of hydrogen-bond donors (Lipinski definition) is 2. The zero-order valence-electron chi connectivity index (χ0n) is 14.7. The fourth-order valence-corrected chi connectivity index (χ4v) is 2.73. The number of anilines is 1. The van der Waals surface area contributed by atoms with Crippen LogP contribution in [0.1, 0.15) is 10.4 Å². The van der Waals surface area contributed by atoms with Crippen molar-refractivity contribution in [3.8, 4) is 17.2 Å². The van der Waals surface area contributed by atoms with Crippen molar-refractivity contribution in [3.63, 3.8) is 0 Å². The smallest absolute Gasteiger partial charge is 0.456 e. The Hall–Kier alpha value is -3.16. The van der Waals surface area contributed by atoms with Crippen LogP contribution in [0.3, 0.4) is 0 Å². The first-order valence-electron chi connectivity index (χ1n) is 8.02. The van der Waals surface area contributed by atoms with Gasteiger partial charge in [0.15, 0.2) is 5.82 Å². The van der Waals surface area contributed by atoms with E-state index in [1.807, 2.05) is 0 Å². The molecule has 0 atom stereocenters. The average Bonchev–Trinajstić information content (AvgIpc) is 2.67. The van der Waals surface area contributed by atoms with Crippen LogP contribution in [0.5, 0.6) is 17.2 Å². The van der Waals surface area contributed by atoms with Crippen molar-refractivity contribution in [2.24, 2.45) is 0 Å². The largest absolute Gasteiger partial charge is 0.573 e. The van der Waals surface area contributed by atoms with Crippen LogP contribution in [0.25, 0.3) is 0 Å². The van der Waals surface area contributed by atoms with Gasteiger partial charge in [0.1, 0.15) is 33.9 Å². The lowest BCUT2D eigenvalue weighted by Gasteiger charge is -2.14. The molecule has 0 fully saturated rings. The third kappa shape index (κ3) is 5.46. The van der Waals surface area contributed by atoms with E-state index in [1.165, 1.54) is 30.3 Å². The van der Waals surface area contributed by atoms with Gasteiger partial charge in [-0.3, -0.25) is 10.0 Å². The van der Waals surface area contributed by atoms with Crippen LogP contribution >= 0.6 is 22.6 Å². The van der Waals surface area contributed by atoms with Gasteiger partial charge in [0.2, 0.25) is 0 Å². The molecule has 1 aromatic heterocycles. The monoisotopic (exact) mass is 536 g/mol. The van der Waals surface area contributed by atoms with Crippen LogP contribution in [-0.4, -0.2) is 22.6 Å². The molecule has 3 aromatic rings. The first kappa shape index (κ1) is 21.5. The predicted molar refractivity (Wildman–Crippen MR) is 102 cm³/mol. The van der Waals surface area contributed by atoms with Crippen molar-refractivity contribution < 1.29 is 41.9 Å². The van der Waals surface area contributed by atoms with Gasteiger partial charge in [-0.05, 0) is 59.0 Å². The van der Waals surface area contributed by atoms with Gasteiger partial charge in [-0.2, -0.15) is 0 Å². The van der Waals surface area contributed by atoms with Crippen LogP contribution in [0.4, 0.5) is 23.2 Å². The van der Waals surface area contributed by atoms with Crippen LogP contribution < -0.4 is 19.6 Å². The molecule has 0 spiro atoms. The summed E-state index contributed by atoms with van der Waals surface area (Å²) in [5.41, 5.74) is -0.235. The Balaban J connectivity index is 1.85. The van der Waals surface area contributed by atoms with Crippen molar-refractivity contribution in [2.75, 3.05) is 5.32 Å². The number of carbonyl (C=O) groups excluding carboxylic acids is 1. The Kier molecular flexibility index (Phi) is 6.24. The maximum atomic E-state index is 14.7. The molecule has 3 rings (SSSR count). The van der Waals surface area contributed by atoms with E-state index >= 15 is 0 Å². The summed E-state index contributed by atoms with van der Waals surface area (Å²) >= 11 is 1.70. The van der Waals surface area contributed by atoms with E-state index in [4.69, 9.17) is 9.94 Å². The number of halogens is 5. The van der Waals surface area contributed by atoms with Gasteiger partial charge < -0.3 is 14.8 Å². The highest BCUT2D eigenvalue weighted by atomic mass is 127. The van der Waals surface area contributed by atoms with Crippen LogP contribution in [0.15, 0.2) is 54.9 Å². The molecule has 156 valence electrons. The van der Waals surface area contributed by atoms with E-state index in [1.54, 1.807) is 22.6 Å².